The number of carbonyl (C=O) groups is 1. The molecule has 0 saturated heterocycles. The van der Waals surface area contributed by atoms with Crippen molar-refractivity contribution in [3.8, 4) is 34.5 Å². The first-order chi connectivity index (χ1) is 18.1. The maximum absolute atomic E-state index is 12.4. The Morgan fingerprint density at radius 3 is 2.54 bits per heavy atom. The highest BCUT2D eigenvalue weighted by Crippen LogP contribution is 2.34. The average molecular weight is 495 g/mol. The summed E-state index contributed by atoms with van der Waals surface area (Å²) in [7, 11) is 0. The number of carbonyl (C=O) groups excluding carboxylic acids is 1. The predicted molar refractivity (Wildman–Crippen MR) is 136 cm³/mol. The van der Waals surface area contributed by atoms with Crippen LogP contribution < -0.4 is 20.1 Å². The molecule has 0 radical (unpaired) electrons. The number of aromatic nitrogens is 4. The first-order valence-corrected chi connectivity index (χ1v) is 11.6. The lowest BCUT2D eigenvalue weighted by atomic mass is 10.1. The van der Waals surface area contributed by atoms with Gasteiger partial charge in [0.1, 0.15) is 5.69 Å². The SMILES string of the molecule is Cc1ccc(-c2noc(-c3cn(Cc4ccc(NC(=O)Nc5ccc6c(c5)OCO6)cc4)cn3)n2)cc1. The molecular weight excluding hydrogens is 472 g/mol. The van der Waals surface area contributed by atoms with Gasteiger partial charge in [0.2, 0.25) is 12.6 Å². The van der Waals surface area contributed by atoms with E-state index in [0.717, 1.165) is 11.1 Å². The van der Waals surface area contributed by atoms with Crippen LogP contribution in [-0.2, 0) is 6.54 Å². The molecule has 0 saturated carbocycles. The maximum atomic E-state index is 12.4. The number of fused-ring (bicyclic) bond motifs is 1. The van der Waals surface area contributed by atoms with Gasteiger partial charge in [0.25, 0.3) is 5.89 Å². The lowest BCUT2D eigenvalue weighted by Gasteiger charge is -2.09. The van der Waals surface area contributed by atoms with Crippen molar-refractivity contribution in [3.05, 3.63) is 90.4 Å². The highest BCUT2D eigenvalue weighted by Gasteiger charge is 2.15. The summed E-state index contributed by atoms with van der Waals surface area (Å²) >= 11 is 0. The monoisotopic (exact) mass is 494 g/mol. The molecule has 3 aromatic carbocycles. The molecule has 2 N–H and O–H groups in total. The van der Waals surface area contributed by atoms with Gasteiger partial charge in [-0.3, -0.25) is 0 Å². The zero-order valence-corrected chi connectivity index (χ0v) is 19.8. The van der Waals surface area contributed by atoms with E-state index in [-0.39, 0.29) is 12.8 Å². The highest BCUT2D eigenvalue weighted by molar-refractivity contribution is 5.99. The van der Waals surface area contributed by atoms with Crippen molar-refractivity contribution in [2.45, 2.75) is 13.5 Å². The summed E-state index contributed by atoms with van der Waals surface area (Å²) in [4.78, 5) is 21.3. The molecule has 10 heteroatoms. The summed E-state index contributed by atoms with van der Waals surface area (Å²) in [5.41, 5.74) is 4.98. The molecule has 1 aliphatic rings. The van der Waals surface area contributed by atoms with Gasteiger partial charge in [0.15, 0.2) is 11.5 Å². The normalized spacial score (nSPS) is 11.9. The van der Waals surface area contributed by atoms with E-state index in [9.17, 15) is 4.79 Å². The number of amides is 2. The van der Waals surface area contributed by atoms with Crippen molar-refractivity contribution < 1.29 is 18.8 Å². The fraction of sp³-hybridized carbons (Fsp3) is 0.111. The van der Waals surface area contributed by atoms with Gasteiger partial charge in [0.05, 0.1) is 6.33 Å². The molecule has 0 atom stereocenters. The summed E-state index contributed by atoms with van der Waals surface area (Å²) in [5.74, 6) is 2.16. The van der Waals surface area contributed by atoms with Gasteiger partial charge in [-0.15, -0.1) is 0 Å². The van der Waals surface area contributed by atoms with Crippen LogP contribution in [0.25, 0.3) is 23.0 Å². The molecule has 0 bridgehead atoms. The van der Waals surface area contributed by atoms with Gasteiger partial charge in [-0.1, -0.05) is 47.1 Å². The minimum absolute atomic E-state index is 0.184. The molecule has 2 amide bonds. The van der Waals surface area contributed by atoms with Crippen LogP contribution >= 0.6 is 0 Å². The van der Waals surface area contributed by atoms with Crippen molar-refractivity contribution in [2.24, 2.45) is 0 Å². The van der Waals surface area contributed by atoms with Crippen LogP contribution in [0, 0.1) is 6.92 Å². The van der Waals surface area contributed by atoms with E-state index in [0.29, 0.717) is 46.8 Å². The molecule has 0 aliphatic carbocycles. The number of rotatable bonds is 6. The van der Waals surface area contributed by atoms with Gasteiger partial charge in [0, 0.05) is 35.7 Å². The summed E-state index contributed by atoms with van der Waals surface area (Å²) in [6, 6.07) is 20.4. The molecule has 0 fully saturated rings. The van der Waals surface area contributed by atoms with Crippen molar-refractivity contribution in [1.29, 1.82) is 0 Å². The Hall–Kier alpha value is -5.12. The summed E-state index contributed by atoms with van der Waals surface area (Å²) in [5, 5.41) is 9.69. The minimum atomic E-state index is -0.351. The van der Waals surface area contributed by atoms with Crippen LogP contribution in [-0.4, -0.2) is 32.5 Å². The Bertz CT molecular complexity index is 1560. The smallest absolute Gasteiger partial charge is 0.323 e. The second kappa shape index (κ2) is 9.50. The number of nitrogens with one attached hydrogen (secondary N) is 2. The van der Waals surface area contributed by atoms with Crippen LogP contribution in [0.5, 0.6) is 11.5 Å². The van der Waals surface area contributed by atoms with Crippen molar-refractivity contribution in [1.82, 2.24) is 19.7 Å². The number of urea groups is 1. The first kappa shape index (κ1) is 22.4. The lowest BCUT2D eigenvalue weighted by molar-refractivity contribution is 0.174. The Balaban J connectivity index is 1.06. The maximum Gasteiger partial charge on any atom is 0.323 e. The third-order valence-corrected chi connectivity index (χ3v) is 5.80. The van der Waals surface area contributed by atoms with Crippen LogP contribution in [0.1, 0.15) is 11.1 Å². The quantitative estimate of drug-likeness (QED) is 0.328. The first-order valence-electron chi connectivity index (χ1n) is 11.6. The van der Waals surface area contributed by atoms with Crippen LogP contribution in [0.3, 0.4) is 0 Å². The molecule has 6 rings (SSSR count). The Labute approximate surface area is 211 Å². The van der Waals surface area contributed by atoms with Crippen molar-refractivity contribution >= 4 is 17.4 Å². The molecule has 3 heterocycles. The summed E-state index contributed by atoms with van der Waals surface area (Å²) in [6.07, 6.45) is 3.58. The molecule has 184 valence electrons. The Kier molecular flexibility index (Phi) is 5.74. The van der Waals surface area contributed by atoms with Crippen molar-refractivity contribution in [2.75, 3.05) is 17.4 Å². The van der Waals surface area contributed by atoms with E-state index < -0.39 is 0 Å². The Morgan fingerprint density at radius 1 is 0.946 bits per heavy atom. The number of anilines is 2. The molecule has 5 aromatic rings. The zero-order chi connectivity index (χ0) is 25.2. The number of aryl methyl sites for hydroxylation is 1. The van der Waals surface area contributed by atoms with E-state index in [1.54, 1.807) is 24.5 Å². The number of benzene rings is 3. The number of hydrogen-bond donors (Lipinski definition) is 2. The second-order valence-corrected chi connectivity index (χ2v) is 8.56. The third-order valence-electron chi connectivity index (χ3n) is 5.80. The lowest BCUT2D eigenvalue weighted by Crippen LogP contribution is -2.19. The summed E-state index contributed by atoms with van der Waals surface area (Å²) < 4.78 is 18.0. The number of nitrogens with zero attached hydrogens (tertiary/aromatic N) is 4. The average Bonchev–Trinajstić information content (AvgIpc) is 3.66. The highest BCUT2D eigenvalue weighted by atomic mass is 16.7. The molecule has 1 aliphatic heterocycles. The van der Waals surface area contributed by atoms with E-state index in [2.05, 4.69) is 25.8 Å². The van der Waals surface area contributed by atoms with Gasteiger partial charge in [-0.25, -0.2) is 9.78 Å². The van der Waals surface area contributed by atoms with Crippen LogP contribution in [0.2, 0.25) is 0 Å². The van der Waals surface area contributed by atoms with Gasteiger partial charge < -0.3 is 29.2 Å². The minimum Gasteiger partial charge on any atom is -0.454 e. The Morgan fingerprint density at radius 2 is 1.70 bits per heavy atom. The van der Waals surface area contributed by atoms with E-state index >= 15 is 0 Å². The molecule has 0 unspecified atom stereocenters. The molecule has 10 nitrogen and oxygen atoms in total. The van der Waals surface area contributed by atoms with Crippen LogP contribution in [0.4, 0.5) is 16.2 Å². The van der Waals surface area contributed by atoms with E-state index in [1.807, 2.05) is 66.2 Å². The molecule has 37 heavy (non-hydrogen) atoms. The fourth-order valence-corrected chi connectivity index (χ4v) is 3.88. The van der Waals surface area contributed by atoms with Crippen molar-refractivity contribution in [3.63, 3.8) is 0 Å². The third kappa shape index (κ3) is 4.98. The topological polar surface area (TPSA) is 116 Å². The number of hydrogen-bond acceptors (Lipinski definition) is 7. The van der Waals surface area contributed by atoms with Gasteiger partial charge >= 0.3 is 6.03 Å². The van der Waals surface area contributed by atoms with Gasteiger partial charge in [-0.05, 0) is 36.8 Å². The van der Waals surface area contributed by atoms with Gasteiger partial charge in [-0.2, -0.15) is 4.98 Å². The van der Waals surface area contributed by atoms with Crippen LogP contribution in [0.15, 0.2) is 83.8 Å². The second-order valence-electron chi connectivity index (χ2n) is 8.56. The molecule has 2 aromatic heterocycles. The molecular formula is C27H22N6O4. The van der Waals surface area contributed by atoms with E-state index in [4.69, 9.17) is 14.0 Å². The number of imidazole rings is 1. The standard InChI is InChI=1S/C27H22N6O4/c1-17-2-6-19(7-3-17)25-31-26(37-32-25)22-14-33(15-28-22)13-18-4-8-20(9-5-18)29-27(34)30-21-10-11-23-24(12-21)36-16-35-23/h2-12,14-15H,13,16H2,1H3,(H2,29,30,34). The summed E-state index contributed by atoms with van der Waals surface area (Å²) in [6.45, 7) is 2.81. The molecule has 0 spiro atoms. The fourth-order valence-electron chi connectivity index (χ4n) is 3.88. The zero-order valence-electron chi connectivity index (χ0n) is 19.8. The number of ether oxygens (including phenoxy) is 2. The largest absolute Gasteiger partial charge is 0.454 e. The van der Waals surface area contributed by atoms with E-state index in [1.165, 1.54) is 5.56 Å². The predicted octanol–water partition coefficient (Wildman–Crippen LogP) is 5.33.